The average molecular weight is 294 g/mol. The second-order valence-electron chi connectivity index (χ2n) is 5.99. The van der Waals surface area contributed by atoms with Gasteiger partial charge in [0, 0.05) is 13.0 Å². The number of hydrogen-bond donors (Lipinski definition) is 1. The second kappa shape index (κ2) is 14.6. The van der Waals surface area contributed by atoms with Gasteiger partial charge in [-0.2, -0.15) is 0 Å². The lowest BCUT2D eigenvalue weighted by molar-refractivity contribution is -0.910. The van der Waals surface area contributed by atoms with Crippen LogP contribution in [0.1, 0.15) is 71.6 Å². The zero-order chi connectivity index (χ0) is 13.7. The van der Waals surface area contributed by atoms with Crippen molar-refractivity contribution in [3.05, 3.63) is 0 Å². The van der Waals surface area contributed by atoms with Crippen molar-refractivity contribution in [3.8, 4) is 0 Å². The van der Waals surface area contributed by atoms with Crippen molar-refractivity contribution in [3.63, 3.8) is 0 Å². The molecule has 0 aliphatic carbocycles. The third kappa shape index (κ3) is 13.0. The Hall–Kier alpha value is 0.210. The molecule has 0 radical (unpaired) electrons. The number of rotatable bonds is 13. The molecule has 0 aliphatic heterocycles. The fraction of sp³-hybridized carbons (Fsp3) is 1.00. The van der Waals surface area contributed by atoms with Crippen LogP contribution in [0.25, 0.3) is 0 Å². The topological polar surface area (TPSA) is 20.2 Å². The molecule has 2 nitrogen and oxygen atoms in total. The highest BCUT2D eigenvalue weighted by molar-refractivity contribution is 4.47. The molecule has 0 aromatic rings. The van der Waals surface area contributed by atoms with Gasteiger partial charge in [-0.05, 0) is 25.7 Å². The van der Waals surface area contributed by atoms with E-state index in [0.717, 1.165) is 13.0 Å². The predicted octanol–water partition coefficient (Wildman–Crippen LogP) is 0.980. The number of quaternary nitrogens is 1. The van der Waals surface area contributed by atoms with Gasteiger partial charge in [-0.3, -0.25) is 0 Å². The van der Waals surface area contributed by atoms with Gasteiger partial charge in [-0.25, -0.2) is 0 Å². The fourth-order valence-corrected chi connectivity index (χ4v) is 2.63. The summed E-state index contributed by atoms with van der Waals surface area (Å²) in [6.45, 7) is 8.62. The summed E-state index contributed by atoms with van der Waals surface area (Å²) < 4.78 is 1.17. The van der Waals surface area contributed by atoms with E-state index in [-0.39, 0.29) is 12.4 Å². The molecule has 0 aliphatic rings. The van der Waals surface area contributed by atoms with Gasteiger partial charge in [0.25, 0.3) is 0 Å². The van der Waals surface area contributed by atoms with Crippen LogP contribution in [0.4, 0.5) is 0 Å². The minimum absolute atomic E-state index is 0. The molecule has 0 aromatic heterocycles. The van der Waals surface area contributed by atoms with Gasteiger partial charge in [0.1, 0.15) is 0 Å². The number of halogens is 1. The van der Waals surface area contributed by atoms with Crippen LogP contribution in [-0.2, 0) is 0 Å². The molecule has 0 fully saturated rings. The van der Waals surface area contributed by atoms with Crippen molar-refractivity contribution >= 4 is 0 Å². The normalized spacial score (nSPS) is 11.4. The van der Waals surface area contributed by atoms with Crippen molar-refractivity contribution in [1.82, 2.24) is 0 Å². The molecule has 0 spiro atoms. The van der Waals surface area contributed by atoms with E-state index in [1.165, 1.54) is 68.9 Å². The van der Waals surface area contributed by atoms with E-state index in [0.29, 0.717) is 6.61 Å². The molecule has 19 heavy (non-hydrogen) atoms. The minimum Gasteiger partial charge on any atom is -1.00 e. The Morgan fingerprint density at radius 1 is 0.684 bits per heavy atom. The molecule has 0 atom stereocenters. The maximum atomic E-state index is 9.04. The Kier molecular flexibility index (Phi) is 16.5. The van der Waals surface area contributed by atoms with Crippen LogP contribution in [0.3, 0.4) is 0 Å². The number of aliphatic hydroxyl groups excluding tert-OH is 1. The van der Waals surface area contributed by atoms with Gasteiger partial charge in [0.15, 0.2) is 0 Å². The summed E-state index contributed by atoms with van der Waals surface area (Å²) in [6, 6.07) is 0. The molecular weight excluding hydrogens is 258 g/mol. The summed E-state index contributed by atoms with van der Waals surface area (Å²) in [4.78, 5) is 0. The third-order valence-corrected chi connectivity index (χ3v) is 3.96. The summed E-state index contributed by atoms with van der Waals surface area (Å²) in [6.07, 6.45) is 11.8. The lowest BCUT2D eigenvalue weighted by Gasteiger charge is -2.35. The summed E-state index contributed by atoms with van der Waals surface area (Å²) in [7, 11) is 2.38. The van der Waals surface area contributed by atoms with E-state index in [1.807, 2.05) is 0 Å². The van der Waals surface area contributed by atoms with Crippen LogP contribution in [-0.4, -0.2) is 42.9 Å². The summed E-state index contributed by atoms with van der Waals surface area (Å²) in [5.74, 6) is 0. The highest BCUT2D eigenvalue weighted by atomic mass is 35.5. The lowest BCUT2D eigenvalue weighted by Crippen LogP contribution is -3.00. The Balaban J connectivity index is 0. The zero-order valence-corrected chi connectivity index (χ0v) is 14.2. The van der Waals surface area contributed by atoms with E-state index < -0.39 is 0 Å². The Labute approximate surface area is 127 Å². The Morgan fingerprint density at radius 2 is 1.11 bits per heavy atom. The van der Waals surface area contributed by atoms with Gasteiger partial charge in [0.05, 0.1) is 26.7 Å². The van der Waals surface area contributed by atoms with Gasteiger partial charge >= 0.3 is 0 Å². The minimum atomic E-state index is 0. The first-order chi connectivity index (χ1) is 8.68. The molecule has 118 valence electrons. The average Bonchev–Trinajstić information content (AvgIpc) is 2.38. The van der Waals surface area contributed by atoms with Crippen molar-refractivity contribution in [2.24, 2.45) is 0 Å². The van der Waals surface area contributed by atoms with E-state index in [2.05, 4.69) is 20.9 Å². The van der Waals surface area contributed by atoms with E-state index in [1.54, 1.807) is 0 Å². The predicted molar refractivity (Wildman–Crippen MR) is 80.8 cm³/mol. The van der Waals surface area contributed by atoms with Crippen LogP contribution < -0.4 is 12.4 Å². The number of nitrogens with zero attached hydrogens (tertiary/aromatic N) is 1. The molecule has 0 amide bonds. The van der Waals surface area contributed by atoms with Crippen molar-refractivity contribution in [2.75, 3.05) is 33.3 Å². The van der Waals surface area contributed by atoms with Gasteiger partial charge in [-0.15, -0.1) is 0 Å². The SMILES string of the molecule is CCCCCC[N+](C)(CCCO)CCCCCC.[Cl-]. The fourth-order valence-electron chi connectivity index (χ4n) is 2.63. The highest BCUT2D eigenvalue weighted by Gasteiger charge is 2.19. The largest absolute Gasteiger partial charge is 1.00 e. The zero-order valence-electron chi connectivity index (χ0n) is 13.5. The van der Waals surface area contributed by atoms with Crippen LogP contribution in [0.5, 0.6) is 0 Å². The van der Waals surface area contributed by atoms with Crippen molar-refractivity contribution in [2.45, 2.75) is 71.6 Å². The third-order valence-electron chi connectivity index (χ3n) is 3.96. The molecule has 0 unspecified atom stereocenters. The molecule has 0 heterocycles. The number of hydrogen-bond acceptors (Lipinski definition) is 1. The number of unbranched alkanes of at least 4 members (excludes halogenated alkanes) is 6. The molecule has 0 rings (SSSR count). The van der Waals surface area contributed by atoms with Crippen molar-refractivity contribution in [1.29, 1.82) is 0 Å². The highest BCUT2D eigenvalue weighted by Crippen LogP contribution is 2.12. The number of aliphatic hydroxyl groups is 1. The Morgan fingerprint density at radius 3 is 1.47 bits per heavy atom. The Bertz CT molecular complexity index is 164. The van der Waals surface area contributed by atoms with Gasteiger partial charge < -0.3 is 22.0 Å². The van der Waals surface area contributed by atoms with E-state index in [9.17, 15) is 0 Å². The summed E-state index contributed by atoms with van der Waals surface area (Å²) in [5, 5.41) is 9.04. The molecule has 3 heteroatoms. The smallest absolute Gasteiger partial charge is 0.0806 e. The monoisotopic (exact) mass is 293 g/mol. The second-order valence-corrected chi connectivity index (χ2v) is 5.99. The maximum Gasteiger partial charge on any atom is 0.0806 e. The maximum absolute atomic E-state index is 9.04. The molecular formula is C16H36ClNO. The molecule has 0 saturated heterocycles. The quantitative estimate of drug-likeness (QED) is 0.396. The van der Waals surface area contributed by atoms with Crippen molar-refractivity contribution < 1.29 is 22.0 Å². The lowest BCUT2D eigenvalue weighted by atomic mass is 10.1. The molecule has 0 bridgehead atoms. The van der Waals surface area contributed by atoms with E-state index in [4.69, 9.17) is 5.11 Å². The van der Waals surface area contributed by atoms with Crippen LogP contribution in [0.2, 0.25) is 0 Å². The summed E-state index contributed by atoms with van der Waals surface area (Å²) >= 11 is 0. The van der Waals surface area contributed by atoms with Crippen LogP contribution in [0, 0.1) is 0 Å². The van der Waals surface area contributed by atoms with Gasteiger partial charge in [0.2, 0.25) is 0 Å². The first-order valence-electron chi connectivity index (χ1n) is 8.13. The van der Waals surface area contributed by atoms with Gasteiger partial charge in [-0.1, -0.05) is 39.5 Å². The van der Waals surface area contributed by atoms with Crippen LogP contribution in [0.15, 0.2) is 0 Å². The molecule has 0 saturated carbocycles. The molecule has 1 N–H and O–H groups in total. The molecule has 0 aromatic carbocycles. The summed E-state index contributed by atoms with van der Waals surface area (Å²) in [5.41, 5.74) is 0. The first-order valence-corrected chi connectivity index (χ1v) is 8.13. The van der Waals surface area contributed by atoms with E-state index >= 15 is 0 Å². The standard InChI is InChI=1S/C16H36NO.ClH/c1-4-6-8-10-13-17(3,15-12-16-18)14-11-9-7-5-2;/h18H,4-16H2,1-3H3;1H/q+1;/p-1. The first kappa shape index (κ1) is 21.5. The van der Waals surface area contributed by atoms with Crippen LogP contribution >= 0.6 is 0 Å².